The molecule has 0 saturated carbocycles. The second-order valence-electron chi connectivity index (χ2n) is 3.76. The van der Waals surface area contributed by atoms with Crippen molar-refractivity contribution >= 4 is 0 Å². The molecule has 0 spiro atoms. The van der Waals surface area contributed by atoms with Crippen molar-refractivity contribution in [1.29, 1.82) is 0 Å². The van der Waals surface area contributed by atoms with Gasteiger partial charge in [-0.25, -0.2) is 0 Å². The van der Waals surface area contributed by atoms with Gasteiger partial charge in [0.25, 0.3) is 0 Å². The molecule has 16 heavy (non-hydrogen) atoms. The van der Waals surface area contributed by atoms with Gasteiger partial charge in [-0.3, -0.25) is 0 Å². The molecule has 0 aliphatic rings. The molecule has 2 heterocycles. The summed E-state index contributed by atoms with van der Waals surface area (Å²) in [7, 11) is 0. The lowest BCUT2D eigenvalue weighted by Gasteiger charge is -2.06. The fourth-order valence-electron chi connectivity index (χ4n) is 1.67. The number of rotatable bonds is 5. The van der Waals surface area contributed by atoms with E-state index in [0.717, 1.165) is 18.5 Å². The van der Waals surface area contributed by atoms with E-state index in [1.165, 1.54) is 0 Å². The zero-order valence-electron chi connectivity index (χ0n) is 9.31. The fraction of sp³-hybridized carbons (Fsp3) is 0.455. The molecular formula is C11H16N4O. The third-order valence-electron chi connectivity index (χ3n) is 2.55. The van der Waals surface area contributed by atoms with Gasteiger partial charge in [0.1, 0.15) is 0 Å². The van der Waals surface area contributed by atoms with E-state index in [9.17, 15) is 0 Å². The Morgan fingerprint density at radius 3 is 3.06 bits per heavy atom. The Labute approximate surface area is 94.0 Å². The van der Waals surface area contributed by atoms with E-state index in [1.54, 1.807) is 0 Å². The van der Waals surface area contributed by atoms with Crippen LogP contribution in [0.2, 0.25) is 0 Å². The lowest BCUT2D eigenvalue weighted by molar-refractivity contribution is 0.347. The van der Waals surface area contributed by atoms with Gasteiger partial charge < -0.3 is 15.2 Å². The van der Waals surface area contributed by atoms with Crippen LogP contribution in [0, 0.1) is 0 Å². The minimum atomic E-state index is 0.168. The molecule has 0 aromatic carbocycles. The monoisotopic (exact) mass is 220 g/mol. The molecule has 0 fully saturated rings. The van der Waals surface area contributed by atoms with Crippen molar-refractivity contribution in [3.8, 4) is 11.5 Å². The maximum absolute atomic E-state index is 5.68. The highest BCUT2D eigenvalue weighted by Crippen LogP contribution is 2.21. The standard InChI is InChI=1S/C11H16N4O/c1-2-4-8(7-12)11-14-10(15-16-11)9-5-3-6-13-9/h3,5-6,8,13H,2,4,7,12H2,1H3. The first kappa shape index (κ1) is 10.9. The van der Waals surface area contributed by atoms with E-state index in [0.29, 0.717) is 18.3 Å². The van der Waals surface area contributed by atoms with Crippen LogP contribution in [-0.4, -0.2) is 21.7 Å². The smallest absolute Gasteiger partial charge is 0.231 e. The van der Waals surface area contributed by atoms with Gasteiger partial charge in [-0.15, -0.1) is 0 Å². The number of nitrogens with zero attached hydrogens (tertiary/aromatic N) is 2. The molecule has 0 amide bonds. The van der Waals surface area contributed by atoms with Crippen LogP contribution < -0.4 is 5.73 Å². The van der Waals surface area contributed by atoms with Crippen molar-refractivity contribution < 1.29 is 4.52 Å². The van der Waals surface area contributed by atoms with Crippen LogP contribution in [0.1, 0.15) is 31.6 Å². The lowest BCUT2D eigenvalue weighted by Crippen LogP contribution is -2.12. The third kappa shape index (κ3) is 2.14. The van der Waals surface area contributed by atoms with Gasteiger partial charge in [-0.2, -0.15) is 4.98 Å². The van der Waals surface area contributed by atoms with Crippen molar-refractivity contribution in [2.45, 2.75) is 25.7 Å². The van der Waals surface area contributed by atoms with Gasteiger partial charge in [0, 0.05) is 12.7 Å². The summed E-state index contributed by atoms with van der Waals surface area (Å²) in [6.07, 6.45) is 3.86. The number of H-pyrrole nitrogens is 1. The number of nitrogens with one attached hydrogen (secondary N) is 1. The van der Waals surface area contributed by atoms with Crippen LogP contribution in [-0.2, 0) is 0 Å². The van der Waals surface area contributed by atoms with Crippen LogP contribution in [0.25, 0.3) is 11.5 Å². The number of hydrogen-bond acceptors (Lipinski definition) is 4. The molecule has 0 saturated heterocycles. The molecule has 2 aromatic rings. The molecule has 0 aliphatic heterocycles. The molecule has 1 unspecified atom stereocenters. The average Bonchev–Trinajstić information content (AvgIpc) is 2.95. The quantitative estimate of drug-likeness (QED) is 0.806. The molecule has 0 radical (unpaired) electrons. The fourth-order valence-corrected chi connectivity index (χ4v) is 1.67. The Kier molecular flexibility index (Phi) is 3.36. The van der Waals surface area contributed by atoms with Crippen LogP contribution >= 0.6 is 0 Å². The zero-order valence-corrected chi connectivity index (χ0v) is 9.31. The molecule has 2 rings (SSSR count). The Morgan fingerprint density at radius 1 is 1.56 bits per heavy atom. The number of aromatic amines is 1. The first-order chi connectivity index (χ1) is 7.85. The van der Waals surface area contributed by atoms with Crippen molar-refractivity contribution in [3.63, 3.8) is 0 Å². The number of hydrogen-bond donors (Lipinski definition) is 2. The van der Waals surface area contributed by atoms with Crippen LogP contribution in [0.3, 0.4) is 0 Å². The first-order valence-corrected chi connectivity index (χ1v) is 5.52. The molecular weight excluding hydrogens is 204 g/mol. The summed E-state index contributed by atoms with van der Waals surface area (Å²) in [6, 6.07) is 3.81. The molecule has 3 N–H and O–H groups in total. The van der Waals surface area contributed by atoms with Crippen molar-refractivity contribution in [1.82, 2.24) is 15.1 Å². The molecule has 1 atom stereocenters. The molecule has 0 aliphatic carbocycles. The van der Waals surface area contributed by atoms with Crippen LogP contribution in [0.15, 0.2) is 22.9 Å². The second kappa shape index (κ2) is 4.94. The summed E-state index contributed by atoms with van der Waals surface area (Å²) >= 11 is 0. The van der Waals surface area contributed by atoms with Gasteiger partial charge in [-0.05, 0) is 18.6 Å². The summed E-state index contributed by atoms with van der Waals surface area (Å²) in [4.78, 5) is 7.39. The highest BCUT2D eigenvalue weighted by molar-refractivity contribution is 5.47. The van der Waals surface area contributed by atoms with Crippen molar-refractivity contribution in [2.75, 3.05) is 6.54 Å². The molecule has 5 heteroatoms. The van der Waals surface area contributed by atoms with Gasteiger partial charge >= 0.3 is 0 Å². The lowest BCUT2D eigenvalue weighted by atomic mass is 10.0. The number of nitrogens with two attached hydrogens (primary N) is 1. The maximum Gasteiger partial charge on any atom is 0.231 e. The summed E-state index contributed by atoms with van der Waals surface area (Å²) in [5.41, 5.74) is 6.55. The van der Waals surface area contributed by atoms with E-state index in [2.05, 4.69) is 22.0 Å². The van der Waals surface area contributed by atoms with E-state index in [1.807, 2.05) is 18.3 Å². The van der Waals surface area contributed by atoms with Gasteiger partial charge in [0.05, 0.1) is 11.6 Å². The first-order valence-electron chi connectivity index (χ1n) is 5.52. The Bertz CT molecular complexity index is 421. The SMILES string of the molecule is CCCC(CN)c1nc(-c2ccc[nH]2)no1. The molecule has 0 bridgehead atoms. The van der Waals surface area contributed by atoms with Gasteiger partial charge in [0.15, 0.2) is 0 Å². The van der Waals surface area contributed by atoms with E-state index in [4.69, 9.17) is 10.3 Å². The highest BCUT2D eigenvalue weighted by atomic mass is 16.5. The minimum Gasteiger partial charge on any atom is -0.359 e. The van der Waals surface area contributed by atoms with E-state index < -0.39 is 0 Å². The predicted octanol–water partition coefficient (Wildman–Crippen LogP) is 1.91. The van der Waals surface area contributed by atoms with Crippen molar-refractivity contribution in [2.24, 2.45) is 5.73 Å². The Balaban J connectivity index is 2.18. The summed E-state index contributed by atoms with van der Waals surface area (Å²) in [5.74, 6) is 1.39. The van der Waals surface area contributed by atoms with Gasteiger partial charge in [-0.1, -0.05) is 18.5 Å². The largest absolute Gasteiger partial charge is 0.359 e. The maximum atomic E-state index is 5.68. The predicted molar refractivity (Wildman–Crippen MR) is 60.8 cm³/mol. The highest BCUT2D eigenvalue weighted by Gasteiger charge is 2.17. The van der Waals surface area contributed by atoms with Crippen LogP contribution in [0.4, 0.5) is 0 Å². The molecule has 2 aromatic heterocycles. The normalized spacial score (nSPS) is 12.9. The average molecular weight is 220 g/mol. The minimum absolute atomic E-state index is 0.168. The molecule has 86 valence electrons. The van der Waals surface area contributed by atoms with Gasteiger partial charge in [0.2, 0.25) is 11.7 Å². The van der Waals surface area contributed by atoms with E-state index >= 15 is 0 Å². The second-order valence-corrected chi connectivity index (χ2v) is 3.76. The van der Waals surface area contributed by atoms with Crippen LogP contribution in [0.5, 0.6) is 0 Å². The summed E-state index contributed by atoms with van der Waals surface area (Å²) in [6.45, 7) is 2.66. The Hall–Kier alpha value is -1.62. The van der Waals surface area contributed by atoms with Crippen molar-refractivity contribution in [3.05, 3.63) is 24.2 Å². The third-order valence-corrected chi connectivity index (χ3v) is 2.55. The summed E-state index contributed by atoms with van der Waals surface area (Å²) in [5, 5.41) is 3.94. The summed E-state index contributed by atoms with van der Waals surface area (Å²) < 4.78 is 5.23. The topological polar surface area (TPSA) is 80.7 Å². The zero-order chi connectivity index (χ0) is 11.4. The Morgan fingerprint density at radius 2 is 2.44 bits per heavy atom. The van der Waals surface area contributed by atoms with E-state index in [-0.39, 0.29) is 5.92 Å². The molecule has 5 nitrogen and oxygen atoms in total. The number of aromatic nitrogens is 3.